The van der Waals surface area contributed by atoms with E-state index in [1.807, 2.05) is 0 Å². The lowest BCUT2D eigenvalue weighted by atomic mass is 9.85. The van der Waals surface area contributed by atoms with Gasteiger partial charge in [0, 0.05) is 45.4 Å². The molecule has 2 fully saturated rings. The van der Waals surface area contributed by atoms with Crippen LogP contribution in [0.25, 0.3) is 0 Å². The third-order valence-corrected chi connectivity index (χ3v) is 5.75. The summed E-state index contributed by atoms with van der Waals surface area (Å²) < 4.78 is 11.7. The summed E-state index contributed by atoms with van der Waals surface area (Å²) in [5, 5.41) is 3.48. The highest BCUT2D eigenvalue weighted by Gasteiger charge is 2.31. The first-order valence-corrected chi connectivity index (χ1v) is 12.8. The average Bonchev–Trinajstić information content (AvgIpc) is 2.57. The number of nitrogens with one attached hydrogen (secondary N) is 1. The van der Waals surface area contributed by atoms with Crippen molar-refractivity contribution in [2.45, 2.75) is 38.5 Å². The summed E-state index contributed by atoms with van der Waals surface area (Å²) in [5.74, 6) is 1.71. The van der Waals surface area contributed by atoms with Gasteiger partial charge in [0.25, 0.3) is 0 Å². The summed E-state index contributed by atoms with van der Waals surface area (Å²) >= 11 is 0. The molecule has 0 saturated carbocycles. The molecule has 1 atom stereocenters. The Balaban J connectivity index is 0.00000169. The number of ether oxygens (including phenoxy) is 1. The Labute approximate surface area is 172 Å². The summed E-state index contributed by atoms with van der Waals surface area (Å²) in [6.45, 7) is 13.0. The summed E-state index contributed by atoms with van der Waals surface area (Å²) in [5.41, 5.74) is 1.44. The molecule has 2 heterocycles. The van der Waals surface area contributed by atoms with E-state index in [1.54, 1.807) is 0 Å². The van der Waals surface area contributed by atoms with Crippen molar-refractivity contribution in [3.05, 3.63) is 29.8 Å². The second kappa shape index (κ2) is 10.9. The van der Waals surface area contributed by atoms with Gasteiger partial charge in [-0.25, -0.2) is 0 Å². The van der Waals surface area contributed by atoms with Crippen LogP contribution < -0.4 is 9.74 Å². The molecule has 3 rings (SSSR count). The van der Waals surface area contributed by atoms with Crippen LogP contribution in [0.4, 0.5) is 0 Å². The first-order valence-electron chi connectivity index (χ1n) is 9.34. The zero-order valence-corrected chi connectivity index (χ0v) is 18.8. The Morgan fingerprint density at radius 1 is 1.04 bits per heavy atom. The van der Waals surface area contributed by atoms with Crippen molar-refractivity contribution in [3.8, 4) is 5.75 Å². The van der Waals surface area contributed by atoms with E-state index in [0.29, 0.717) is 12.0 Å². The summed E-state index contributed by atoms with van der Waals surface area (Å²) in [6, 6.07) is 9.43. The van der Waals surface area contributed by atoms with Gasteiger partial charge < -0.3 is 14.5 Å². The maximum Gasteiger partial charge on any atom is 0.242 e. The van der Waals surface area contributed by atoms with E-state index in [2.05, 4.69) is 54.1 Å². The van der Waals surface area contributed by atoms with Crippen LogP contribution in [0.15, 0.2) is 24.3 Å². The van der Waals surface area contributed by atoms with Crippen LogP contribution in [0.2, 0.25) is 19.6 Å². The number of piperazine rings is 1. The number of rotatable bonds is 5. The van der Waals surface area contributed by atoms with Crippen LogP contribution in [0, 0.1) is 5.92 Å². The Bertz CT molecular complexity index is 495. The van der Waals surface area contributed by atoms with E-state index in [9.17, 15) is 0 Å². The molecule has 0 radical (unpaired) electrons. The second-order valence-electron chi connectivity index (χ2n) is 7.96. The van der Waals surface area contributed by atoms with Crippen LogP contribution in [0.1, 0.15) is 24.4 Å². The van der Waals surface area contributed by atoms with Crippen LogP contribution >= 0.6 is 24.8 Å². The number of hydrogen-bond acceptors (Lipinski definition) is 4. The van der Waals surface area contributed by atoms with Gasteiger partial charge in [-0.2, -0.15) is 0 Å². The smallest absolute Gasteiger partial charge is 0.242 e. The fourth-order valence-electron chi connectivity index (χ4n) is 3.86. The Morgan fingerprint density at radius 3 is 2.15 bits per heavy atom. The summed E-state index contributed by atoms with van der Waals surface area (Å²) in [7, 11) is -1.54. The number of halogens is 2. The molecule has 2 saturated heterocycles. The minimum Gasteiger partial charge on any atom is -0.544 e. The second-order valence-corrected chi connectivity index (χ2v) is 12.4. The molecule has 1 aromatic carbocycles. The molecule has 1 aromatic rings. The molecule has 0 aromatic heterocycles. The maximum atomic E-state index is 6.12. The molecule has 26 heavy (non-hydrogen) atoms. The van der Waals surface area contributed by atoms with Crippen molar-refractivity contribution in [2.75, 3.05) is 39.4 Å². The van der Waals surface area contributed by atoms with Gasteiger partial charge in [0.2, 0.25) is 8.32 Å². The monoisotopic (exact) mass is 420 g/mol. The predicted octanol–water partition coefficient (Wildman–Crippen LogP) is 4.12. The fraction of sp³-hybridized carbons (Fsp3) is 0.684. The zero-order valence-electron chi connectivity index (χ0n) is 16.2. The quantitative estimate of drug-likeness (QED) is 0.726. The predicted molar refractivity (Wildman–Crippen MR) is 116 cm³/mol. The van der Waals surface area contributed by atoms with E-state index in [4.69, 9.17) is 9.16 Å². The summed E-state index contributed by atoms with van der Waals surface area (Å²) in [4.78, 5) is 2.67. The van der Waals surface area contributed by atoms with Gasteiger partial charge in [-0.05, 0) is 56.1 Å². The maximum absolute atomic E-state index is 6.12. The first kappa shape index (κ1) is 23.7. The van der Waals surface area contributed by atoms with Crippen LogP contribution in [0.3, 0.4) is 0 Å². The Kier molecular flexibility index (Phi) is 9.94. The lowest BCUT2D eigenvalue weighted by molar-refractivity contribution is 0.0213. The average molecular weight is 421 g/mol. The van der Waals surface area contributed by atoms with Crippen LogP contribution in [-0.4, -0.2) is 52.6 Å². The highest BCUT2D eigenvalue weighted by Crippen LogP contribution is 2.36. The van der Waals surface area contributed by atoms with Crippen molar-refractivity contribution in [2.24, 2.45) is 5.92 Å². The third-order valence-electron chi connectivity index (χ3n) is 4.90. The number of nitrogens with zero attached hydrogens (tertiary/aromatic N) is 1. The molecule has 0 spiro atoms. The molecule has 0 bridgehead atoms. The van der Waals surface area contributed by atoms with Gasteiger partial charge in [0.05, 0.1) is 0 Å². The molecule has 4 nitrogen and oxygen atoms in total. The molecule has 0 unspecified atom stereocenters. The molecule has 2 aliphatic heterocycles. The van der Waals surface area contributed by atoms with Crippen molar-refractivity contribution in [1.29, 1.82) is 0 Å². The minimum atomic E-state index is -1.54. The van der Waals surface area contributed by atoms with E-state index in [-0.39, 0.29) is 24.8 Å². The number of benzene rings is 1. The molecular weight excluding hydrogens is 387 g/mol. The van der Waals surface area contributed by atoms with Crippen molar-refractivity contribution in [1.82, 2.24) is 10.2 Å². The molecule has 0 aliphatic carbocycles. The highest BCUT2D eigenvalue weighted by molar-refractivity contribution is 6.70. The minimum absolute atomic E-state index is 0. The van der Waals surface area contributed by atoms with Gasteiger partial charge >= 0.3 is 0 Å². The lowest BCUT2D eigenvalue weighted by Gasteiger charge is -2.41. The van der Waals surface area contributed by atoms with Crippen molar-refractivity contribution < 1.29 is 9.16 Å². The molecule has 2 aliphatic rings. The van der Waals surface area contributed by atoms with Gasteiger partial charge in [0.15, 0.2) is 0 Å². The van der Waals surface area contributed by atoms with Crippen molar-refractivity contribution in [3.63, 3.8) is 0 Å². The third kappa shape index (κ3) is 6.70. The molecule has 1 N–H and O–H groups in total. The molecule has 150 valence electrons. The Hall–Kier alpha value is -0.303. The largest absolute Gasteiger partial charge is 0.544 e. The highest BCUT2D eigenvalue weighted by atomic mass is 35.5. The molecule has 0 amide bonds. The van der Waals surface area contributed by atoms with Gasteiger partial charge in [-0.1, -0.05) is 12.1 Å². The van der Waals surface area contributed by atoms with E-state index in [0.717, 1.165) is 45.1 Å². The van der Waals surface area contributed by atoms with Gasteiger partial charge in [-0.15, -0.1) is 24.8 Å². The first-order chi connectivity index (χ1) is 11.5. The fourth-order valence-corrected chi connectivity index (χ4v) is 4.70. The van der Waals surface area contributed by atoms with Gasteiger partial charge in [0.1, 0.15) is 5.75 Å². The van der Waals surface area contributed by atoms with E-state index >= 15 is 0 Å². The number of hydrogen-bond donors (Lipinski definition) is 1. The van der Waals surface area contributed by atoms with Gasteiger partial charge in [-0.3, -0.25) is 4.90 Å². The van der Waals surface area contributed by atoms with Crippen LogP contribution in [0.5, 0.6) is 5.75 Å². The molecule has 7 heteroatoms. The Morgan fingerprint density at radius 2 is 1.62 bits per heavy atom. The molecular formula is C19H34Cl2N2O2Si. The normalized spacial score (nSPS) is 20.6. The van der Waals surface area contributed by atoms with E-state index in [1.165, 1.54) is 18.4 Å². The SMILES string of the molecule is C[Si](C)(C)Oc1ccc([C@@H](C2CCOCC2)N2CCNCC2)cc1.Cl.Cl. The van der Waals surface area contributed by atoms with Crippen LogP contribution in [-0.2, 0) is 4.74 Å². The topological polar surface area (TPSA) is 33.7 Å². The summed E-state index contributed by atoms with van der Waals surface area (Å²) in [6.07, 6.45) is 2.34. The zero-order chi connectivity index (χ0) is 17.0. The van der Waals surface area contributed by atoms with Crippen molar-refractivity contribution >= 4 is 33.1 Å². The van der Waals surface area contributed by atoms with E-state index < -0.39 is 8.32 Å². The standard InChI is InChI=1S/C19H32N2O2Si.2ClH/c1-24(2,3)23-18-6-4-16(5-7-18)19(17-8-14-22-15-9-17)21-12-10-20-11-13-21;;/h4-7,17,19-20H,8-15H2,1-3H3;2*1H/t19-;;/m0../s1. The lowest BCUT2D eigenvalue weighted by Crippen LogP contribution is -2.47.